The summed E-state index contributed by atoms with van der Waals surface area (Å²) in [6.07, 6.45) is 0. The molecule has 0 bridgehead atoms. The zero-order valence-electron chi connectivity index (χ0n) is 8.53. The molecule has 80 valence electrons. The fourth-order valence-electron chi connectivity index (χ4n) is 0.849. The number of hydrazone groups is 1. The van der Waals surface area contributed by atoms with E-state index in [0.29, 0.717) is 22.1 Å². The Hall–Kier alpha value is -1.55. The Balaban J connectivity index is 2.77. The molecule has 2 N–H and O–H groups in total. The molecule has 0 spiro atoms. The van der Waals surface area contributed by atoms with Gasteiger partial charge in [-0.25, -0.2) is 0 Å². The van der Waals surface area contributed by atoms with Crippen molar-refractivity contribution in [3.05, 3.63) is 29.3 Å². The summed E-state index contributed by atoms with van der Waals surface area (Å²) in [4.78, 5) is 0. The minimum atomic E-state index is 0.453. The number of benzene rings is 1. The molecule has 4 nitrogen and oxygen atoms in total. The molecule has 0 aliphatic carbocycles. The predicted molar refractivity (Wildman–Crippen MR) is 63.1 cm³/mol. The van der Waals surface area contributed by atoms with E-state index in [9.17, 15) is 0 Å². The van der Waals surface area contributed by atoms with Crippen LogP contribution >= 0.6 is 11.6 Å². The summed E-state index contributed by atoms with van der Waals surface area (Å²) in [5.74, 6) is 0. The van der Waals surface area contributed by atoms with E-state index in [2.05, 4.69) is 15.7 Å². The summed E-state index contributed by atoms with van der Waals surface area (Å²) in [7, 11) is 0. The van der Waals surface area contributed by atoms with Crippen LogP contribution < -0.4 is 5.43 Å². The lowest BCUT2D eigenvalue weighted by Gasteiger charge is -2.03. The molecule has 5 heteroatoms. The summed E-state index contributed by atoms with van der Waals surface area (Å²) < 4.78 is 0. The van der Waals surface area contributed by atoms with E-state index in [-0.39, 0.29) is 0 Å². The van der Waals surface area contributed by atoms with E-state index in [1.54, 1.807) is 19.9 Å². The lowest BCUT2D eigenvalue weighted by Crippen LogP contribution is -2.08. The Morgan fingerprint density at radius 2 is 1.93 bits per heavy atom. The van der Waals surface area contributed by atoms with Crippen LogP contribution in [-0.2, 0) is 0 Å². The van der Waals surface area contributed by atoms with Crippen LogP contribution in [0.3, 0.4) is 0 Å². The average Bonchev–Trinajstić information content (AvgIpc) is 2.26. The highest BCUT2D eigenvalue weighted by Crippen LogP contribution is 2.20. The molecule has 1 aromatic rings. The Bertz CT molecular complexity index is 401. The summed E-state index contributed by atoms with van der Waals surface area (Å²) >= 11 is 5.91. The van der Waals surface area contributed by atoms with E-state index in [0.717, 1.165) is 0 Å². The van der Waals surface area contributed by atoms with Gasteiger partial charge in [-0.2, -0.15) is 5.10 Å². The zero-order valence-corrected chi connectivity index (χ0v) is 9.28. The summed E-state index contributed by atoms with van der Waals surface area (Å²) in [6.45, 7) is 3.39. The average molecular weight is 226 g/mol. The van der Waals surface area contributed by atoms with Crippen molar-refractivity contribution in [1.29, 1.82) is 0 Å². The fraction of sp³-hybridized carbons (Fsp3) is 0.200. The number of rotatable bonds is 3. The molecule has 0 saturated carbocycles. The van der Waals surface area contributed by atoms with E-state index >= 15 is 0 Å². The van der Waals surface area contributed by atoms with Gasteiger partial charge in [0.05, 0.1) is 22.1 Å². The number of oxime groups is 1. The number of nitrogens with one attached hydrogen (secondary N) is 1. The monoisotopic (exact) mass is 225 g/mol. The van der Waals surface area contributed by atoms with Crippen molar-refractivity contribution in [3.8, 4) is 0 Å². The quantitative estimate of drug-likeness (QED) is 0.472. The van der Waals surface area contributed by atoms with Crippen LogP contribution in [0, 0.1) is 0 Å². The summed E-state index contributed by atoms with van der Waals surface area (Å²) in [6, 6.07) is 7.27. The minimum Gasteiger partial charge on any atom is -0.411 e. The second kappa shape index (κ2) is 5.36. The van der Waals surface area contributed by atoms with Crippen LogP contribution in [-0.4, -0.2) is 16.6 Å². The largest absolute Gasteiger partial charge is 0.411 e. The highest BCUT2D eigenvalue weighted by atomic mass is 35.5. The van der Waals surface area contributed by atoms with Gasteiger partial charge in [0.25, 0.3) is 0 Å². The van der Waals surface area contributed by atoms with E-state index in [1.807, 2.05) is 18.2 Å². The molecule has 0 amide bonds. The van der Waals surface area contributed by atoms with Gasteiger partial charge in [-0.05, 0) is 26.0 Å². The van der Waals surface area contributed by atoms with Crippen LogP contribution in [0.1, 0.15) is 13.8 Å². The second-order valence-corrected chi connectivity index (χ2v) is 3.38. The van der Waals surface area contributed by atoms with Gasteiger partial charge in [0.1, 0.15) is 0 Å². The smallest absolute Gasteiger partial charge is 0.0993 e. The number of hydrogen-bond donors (Lipinski definition) is 2. The van der Waals surface area contributed by atoms with Crippen LogP contribution in [0.15, 0.2) is 34.5 Å². The normalized spacial score (nSPS) is 12.7. The molecule has 0 atom stereocenters. The molecule has 1 rings (SSSR count). The van der Waals surface area contributed by atoms with Gasteiger partial charge in [-0.1, -0.05) is 28.9 Å². The molecule has 0 fully saturated rings. The van der Waals surface area contributed by atoms with Gasteiger partial charge in [0.15, 0.2) is 0 Å². The van der Waals surface area contributed by atoms with Crippen LogP contribution in [0.4, 0.5) is 5.69 Å². The van der Waals surface area contributed by atoms with Crippen LogP contribution in [0.2, 0.25) is 5.02 Å². The first kappa shape index (κ1) is 11.5. The Morgan fingerprint density at radius 3 is 2.53 bits per heavy atom. The third kappa shape index (κ3) is 3.25. The molecule has 0 saturated heterocycles. The van der Waals surface area contributed by atoms with Crippen molar-refractivity contribution >= 4 is 28.7 Å². The molecule has 1 aromatic carbocycles. The maximum atomic E-state index is 8.51. The SMILES string of the molecule is CC(=N/O)/C(C)=N/Nc1ccccc1Cl. The van der Waals surface area contributed by atoms with Gasteiger partial charge < -0.3 is 5.21 Å². The second-order valence-electron chi connectivity index (χ2n) is 2.97. The number of anilines is 1. The lowest BCUT2D eigenvalue weighted by molar-refractivity contribution is 0.320. The molecular formula is C10H12ClN3O. The van der Waals surface area contributed by atoms with Crippen LogP contribution in [0.25, 0.3) is 0 Å². The van der Waals surface area contributed by atoms with Crippen molar-refractivity contribution in [3.63, 3.8) is 0 Å². The predicted octanol–water partition coefficient (Wildman–Crippen LogP) is 2.98. The molecule has 0 aliphatic rings. The topological polar surface area (TPSA) is 57.0 Å². The maximum absolute atomic E-state index is 8.51. The minimum absolute atomic E-state index is 0.453. The highest BCUT2D eigenvalue weighted by molar-refractivity contribution is 6.40. The Labute approximate surface area is 93.3 Å². The number of hydrogen-bond acceptors (Lipinski definition) is 4. The zero-order chi connectivity index (χ0) is 11.3. The fourth-order valence-corrected chi connectivity index (χ4v) is 1.03. The Kier molecular flexibility index (Phi) is 4.12. The molecule has 0 unspecified atom stereocenters. The van der Waals surface area contributed by atoms with E-state index in [4.69, 9.17) is 16.8 Å². The lowest BCUT2D eigenvalue weighted by atomic mass is 10.3. The first-order valence-corrected chi connectivity index (χ1v) is 4.77. The summed E-state index contributed by atoms with van der Waals surface area (Å²) in [5.41, 5.74) is 4.55. The first-order valence-electron chi connectivity index (χ1n) is 4.39. The molecule has 0 heterocycles. The van der Waals surface area contributed by atoms with Crippen molar-refractivity contribution in [2.45, 2.75) is 13.8 Å². The summed E-state index contributed by atoms with van der Waals surface area (Å²) in [5, 5.41) is 16.2. The van der Waals surface area contributed by atoms with Gasteiger partial charge in [-0.3, -0.25) is 5.43 Å². The Morgan fingerprint density at radius 1 is 1.27 bits per heavy atom. The molecule has 0 aliphatic heterocycles. The first-order chi connectivity index (χ1) is 7.15. The van der Waals surface area contributed by atoms with Gasteiger partial charge in [0, 0.05) is 0 Å². The molecular weight excluding hydrogens is 214 g/mol. The van der Waals surface area contributed by atoms with Crippen molar-refractivity contribution in [2.75, 3.05) is 5.43 Å². The van der Waals surface area contributed by atoms with Gasteiger partial charge in [0.2, 0.25) is 0 Å². The molecule has 0 aromatic heterocycles. The number of para-hydroxylation sites is 1. The van der Waals surface area contributed by atoms with Crippen LogP contribution in [0.5, 0.6) is 0 Å². The highest BCUT2D eigenvalue weighted by Gasteiger charge is 1.99. The standard InChI is InChI=1S/C10H12ClN3O/c1-7(8(2)14-15)12-13-10-6-4-3-5-9(10)11/h3-6,13,15H,1-2H3/b12-7+,14-8-. The van der Waals surface area contributed by atoms with E-state index < -0.39 is 0 Å². The molecule has 0 radical (unpaired) electrons. The van der Waals surface area contributed by atoms with Gasteiger partial charge in [-0.15, -0.1) is 0 Å². The molecule has 15 heavy (non-hydrogen) atoms. The van der Waals surface area contributed by atoms with Crippen molar-refractivity contribution < 1.29 is 5.21 Å². The third-order valence-electron chi connectivity index (χ3n) is 1.89. The van der Waals surface area contributed by atoms with Crippen molar-refractivity contribution in [2.24, 2.45) is 10.3 Å². The van der Waals surface area contributed by atoms with E-state index in [1.165, 1.54) is 0 Å². The third-order valence-corrected chi connectivity index (χ3v) is 2.22. The number of halogens is 1. The van der Waals surface area contributed by atoms with Gasteiger partial charge >= 0.3 is 0 Å². The number of nitrogens with zero attached hydrogens (tertiary/aromatic N) is 2. The van der Waals surface area contributed by atoms with Crippen molar-refractivity contribution in [1.82, 2.24) is 0 Å². The maximum Gasteiger partial charge on any atom is 0.0993 e.